The van der Waals surface area contributed by atoms with Gasteiger partial charge in [0.05, 0.1) is 4.92 Å². The predicted molar refractivity (Wildman–Crippen MR) is 53.9 cm³/mol. The van der Waals surface area contributed by atoms with Gasteiger partial charge >= 0.3 is 0 Å². The summed E-state index contributed by atoms with van der Waals surface area (Å²) >= 11 is 0. The molecule has 1 aromatic heterocycles. The molecule has 1 heterocycles. The van der Waals surface area contributed by atoms with Gasteiger partial charge in [0.2, 0.25) is 5.88 Å². The molecule has 0 amide bonds. The van der Waals surface area contributed by atoms with Crippen LogP contribution in [-0.2, 0) is 0 Å². The molecule has 0 unspecified atom stereocenters. The van der Waals surface area contributed by atoms with Gasteiger partial charge in [-0.1, -0.05) is 0 Å². The normalized spacial score (nSPS) is 15.8. The number of aryl methyl sites for hydroxylation is 1. The van der Waals surface area contributed by atoms with Crippen molar-refractivity contribution in [1.29, 1.82) is 0 Å². The van der Waals surface area contributed by atoms with Crippen LogP contribution in [0.25, 0.3) is 0 Å². The van der Waals surface area contributed by atoms with Crippen molar-refractivity contribution >= 4 is 5.69 Å². The molecule has 0 aliphatic heterocycles. The third-order valence-electron chi connectivity index (χ3n) is 2.59. The lowest BCUT2D eigenvalue weighted by Crippen LogP contribution is -2.25. The maximum absolute atomic E-state index is 10.5. The van der Waals surface area contributed by atoms with Gasteiger partial charge in [0, 0.05) is 11.6 Å². The van der Waals surface area contributed by atoms with Gasteiger partial charge in [-0.25, -0.2) is 4.98 Å². The molecule has 1 fully saturated rings. The van der Waals surface area contributed by atoms with Crippen molar-refractivity contribution in [2.75, 3.05) is 0 Å². The van der Waals surface area contributed by atoms with E-state index in [-0.39, 0.29) is 11.8 Å². The highest BCUT2D eigenvalue weighted by Crippen LogP contribution is 2.26. The Balaban J connectivity index is 2.13. The molecule has 15 heavy (non-hydrogen) atoms. The molecule has 0 atom stereocenters. The lowest BCUT2D eigenvalue weighted by molar-refractivity contribution is -0.385. The van der Waals surface area contributed by atoms with Crippen molar-refractivity contribution in [3.63, 3.8) is 0 Å². The fourth-order valence-corrected chi connectivity index (χ4v) is 1.44. The van der Waals surface area contributed by atoms with Gasteiger partial charge in [-0.2, -0.15) is 0 Å². The van der Waals surface area contributed by atoms with Crippen LogP contribution in [0.1, 0.15) is 24.8 Å². The number of hydrogen-bond donors (Lipinski definition) is 0. The molecule has 5 heteroatoms. The molecule has 1 aliphatic carbocycles. The van der Waals surface area contributed by atoms with Crippen molar-refractivity contribution in [1.82, 2.24) is 4.98 Å². The predicted octanol–water partition coefficient (Wildman–Crippen LogP) is 2.23. The highest BCUT2D eigenvalue weighted by Gasteiger charge is 2.20. The first kappa shape index (κ1) is 9.89. The van der Waals surface area contributed by atoms with E-state index in [9.17, 15) is 10.1 Å². The van der Waals surface area contributed by atoms with Crippen LogP contribution in [0, 0.1) is 17.0 Å². The minimum Gasteiger partial charge on any atom is -0.474 e. The van der Waals surface area contributed by atoms with Gasteiger partial charge in [0.1, 0.15) is 12.3 Å². The number of aromatic nitrogens is 1. The first-order valence-corrected chi connectivity index (χ1v) is 4.94. The van der Waals surface area contributed by atoms with Crippen LogP contribution in [0.5, 0.6) is 5.88 Å². The number of ether oxygens (including phenoxy) is 1. The molecule has 0 spiro atoms. The Kier molecular flexibility index (Phi) is 2.53. The van der Waals surface area contributed by atoms with Gasteiger partial charge in [0.25, 0.3) is 5.69 Å². The van der Waals surface area contributed by atoms with Crippen molar-refractivity contribution in [3.05, 3.63) is 27.9 Å². The largest absolute Gasteiger partial charge is 0.474 e. The fourth-order valence-electron chi connectivity index (χ4n) is 1.44. The highest BCUT2D eigenvalue weighted by molar-refractivity contribution is 5.39. The van der Waals surface area contributed by atoms with Crippen LogP contribution < -0.4 is 4.74 Å². The SMILES string of the molecule is Cc1cc(OC2CCC2)ncc1[N+](=O)[O-]. The van der Waals surface area contributed by atoms with Gasteiger partial charge < -0.3 is 4.74 Å². The summed E-state index contributed by atoms with van der Waals surface area (Å²) in [6.07, 6.45) is 4.80. The van der Waals surface area contributed by atoms with E-state index in [4.69, 9.17) is 4.74 Å². The standard InChI is InChI=1S/C10H12N2O3/c1-7-5-10(15-8-3-2-4-8)11-6-9(7)12(13)14/h5-6,8H,2-4H2,1H3. The Morgan fingerprint density at radius 2 is 2.33 bits per heavy atom. The Morgan fingerprint density at radius 1 is 1.60 bits per heavy atom. The fraction of sp³-hybridized carbons (Fsp3) is 0.500. The van der Waals surface area contributed by atoms with E-state index in [2.05, 4.69) is 4.98 Å². The molecule has 1 aromatic rings. The maximum atomic E-state index is 10.5. The molecule has 2 rings (SSSR count). The quantitative estimate of drug-likeness (QED) is 0.564. The van der Waals surface area contributed by atoms with E-state index in [0.717, 1.165) is 12.8 Å². The first-order chi connectivity index (χ1) is 7.16. The smallest absolute Gasteiger partial charge is 0.290 e. The number of rotatable bonds is 3. The second-order valence-corrected chi connectivity index (χ2v) is 3.74. The molecule has 80 valence electrons. The molecule has 0 aromatic carbocycles. The summed E-state index contributed by atoms with van der Waals surface area (Å²) in [7, 11) is 0. The van der Waals surface area contributed by atoms with E-state index in [1.54, 1.807) is 13.0 Å². The zero-order valence-electron chi connectivity index (χ0n) is 8.47. The average molecular weight is 208 g/mol. The molecule has 5 nitrogen and oxygen atoms in total. The van der Waals surface area contributed by atoms with E-state index < -0.39 is 4.92 Å². The minimum absolute atomic E-state index is 0.0379. The summed E-state index contributed by atoms with van der Waals surface area (Å²) in [5.41, 5.74) is 0.625. The zero-order valence-corrected chi connectivity index (χ0v) is 8.47. The van der Waals surface area contributed by atoms with Crippen LogP contribution in [0.3, 0.4) is 0 Å². The van der Waals surface area contributed by atoms with E-state index >= 15 is 0 Å². The van der Waals surface area contributed by atoms with Crippen molar-refractivity contribution in [3.8, 4) is 5.88 Å². The second-order valence-electron chi connectivity index (χ2n) is 3.74. The maximum Gasteiger partial charge on any atom is 0.290 e. The molecule has 1 saturated carbocycles. The van der Waals surface area contributed by atoms with E-state index in [0.29, 0.717) is 11.4 Å². The van der Waals surface area contributed by atoms with Crippen LogP contribution in [0.4, 0.5) is 5.69 Å². The highest BCUT2D eigenvalue weighted by atomic mass is 16.6. The number of pyridine rings is 1. The Bertz CT molecular complexity index is 388. The van der Waals surface area contributed by atoms with E-state index in [1.165, 1.54) is 12.6 Å². The zero-order chi connectivity index (χ0) is 10.8. The molecule has 1 aliphatic rings. The number of nitro groups is 1. The summed E-state index contributed by atoms with van der Waals surface area (Å²) in [5, 5.41) is 10.5. The Labute approximate surface area is 87.2 Å². The van der Waals surface area contributed by atoms with Crippen LogP contribution in [-0.4, -0.2) is 16.0 Å². The average Bonchev–Trinajstić information content (AvgIpc) is 2.11. The third kappa shape index (κ3) is 2.06. The molecule has 0 radical (unpaired) electrons. The lowest BCUT2D eigenvalue weighted by Gasteiger charge is -2.25. The van der Waals surface area contributed by atoms with Gasteiger partial charge in [-0.3, -0.25) is 10.1 Å². The summed E-state index contributed by atoms with van der Waals surface area (Å²) in [4.78, 5) is 14.0. The number of hydrogen-bond acceptors (Lipinski definition) is 4. The second kappa shape index (κ2) is 3.84. The topological polar surface area (TPSA) is 65.3 Å². The molecular weight excluding hydrogens is 196 g/mol. The summed E-state index contributed by atoms with van der Waals surface area (Å²) < 4.78 is 5.53. The first-order valence-electron chi connectivity index (χ1n) is 4.94. The summed E-state index contributed by atoms with van der Waals surface area (Å²) in [6.45, 7) is 1.69. The molecular formula is C10H12N2O3. The Morgan fingerprint density at radius 3 is 2.80 bits per heavy atom. The van der Waals surface area contributed by atoms with Crippen molar-refractivity contribution in [2.24, 2.45) is 0 Å². The monoisotopic (exact) mass is 208 g/mol. The van der Waals surface area contributed by atoms with Gasteiger partial charge in [-0.15, -0.1) is 0 Å². The molecule has 0 N–H and O–H groups in total. The van der Waals surface area contributed by atoms with Crippen LogP contribution in [0.2, 0.25) is 0 Å². The van der Waals surface area contributed by atoms with Crippen LogP contribution in [0.15, 0.2) is 12.3 Å². The van der Waals surface area contributed by atoms with Crippen molar-refractivity contribution in [2.45, 2.75) is 32.3 Å². The summed E-state index contributed by atoms with van der Waals surface area (Å²) in [6, 6.07) is 1.62. The van der Waals surface area contributed by atoms with Gasteiger partial charge in [0.15, 0.2) is 0 Å². The minimum atomic E-state index is -0.435. The molecule has 0 bridgehead atoms. The lowest BCUT2D eigenvalue weighted by atomic mass is 9.96. The third-order valence-corrected chi connectivity index (χ3v) is 2.59. The Hall–Kier alpha value is -1.65. The number of nitrogens with zero attached hydrogens (tertiary/aromatic N) is 2. The van der Waals surface area contributed by atoms with Crippen molar-refractivity contribution < 1.29 is 9.66 Å². The van der Waals surface area contributed by atoms with E-state index in [1.807, 2.05) is 0 Å². The molecule has 0 saturated heterocycles. The van der Waals surface area contributed by atoms with Gasteiger partial charge in [-0.05, 0) is 26.2 Å². The summed E-state index contributed by atoms with van der Waals surface area (Å²) in [5.74, 6) is 0.489. The van der Waals surface area contributed by atoms with Crippen LogP contribution >= 0.6 is 0 Å².